The number of guanidine groups is 1. The van der Waals surface area contributed by atoms with Crippen molar-refractivity contribution in [3.05, 3.63) is 11.7 Å². The first-order valence-corrected chi connectivity index (χ1v) is 5.54. The van der Waals surface area contributed by atoms with Crippen LogP contribution in [0.15, 0.2) is 9.52 Å². The van der Waals surface area contributed by atoms with Gasteiger partial charge in [0.2, 0.25) is 5.89 Å². The lowest BCUT2D eigenvalue weighted by molar-refractivity contribution is 0.374. The molecule has 96 valence electrons. The predicted molar refractivity (Wildman–Crippen MR) is 75.7 cm³/mol. The second-order valence-electron chi connectivity index (χ2n) is 3.90. The average molecular weight is 351 g/mol. The van der Waals surface area contributed by atoms with E-state index in [1.54, 1.807) is 7.05 Å². The highest BCUT2D eigenvalue weighted by molar-refractivity contribution is 14.0. The lowest BCUT2D eigenvalue weighted by Gasteiger charge is -2.09. The molecule has 0 saturated heterocycles. The van der Waals surface area contributed by atoms with Gasteiger partial charge in [-0.15, -0.1) is 24.0 Å². The molecule has 0 bridgehead atoms. The Balaban J connectivity index is 0.00000144. The first kappa shape index (κ1) is 14.2. The van der Waals surface area contributed by atoms with Crippen molar-refractivity contribution < 1.29 is 4.52 Å². The molecule has 1 fully saturated rings. The fourth-order valence-electron chi connectivity index (χ4n) is 1.35. The summed E-state index contributed by atoms with van der Waals surface area (Å²) in [5.41, 5.74) is 0. The minimum atomic E-state index is 0. The highest BCUT2D eigenvalue weighted by Gasteiger charge is 2.21. The minimum absolute atomic E-state index is 0. The van der Waals surface area contributed by atoms with E-state index in [4.69, 9.17) is 4.52 Å². The fraction of sp³-hybridized carbons (Fsp3) is 0.700. The normalized spacial score (nSPS) is 15.3. The third-order valence-corrected chi connectivity index (χ3v) is 2.34. The monoisotopic (exact) mass is 351 g/mol. The van der Waals surface area contributed by atoms with Crippen LogP contribution in [-0.2, 0) is 6.42 Å². The van der Waals surface area contributed by atoms with Gasteiger partial charge in [0.25, 0.3) is 0 Å². The second kappa shape index (κ2) is 6.77. The summed E-state index contributed by atoms with van der Waals surface area (Å²) >= 11 is 0. The lowest BCUT2D eigenvalue weighted by atomic mass is 10.4. The van der Waals surface area contributed by atoms with E-state index in [2.05, 4.69) is 25.8 Å². The van der Waals surface area contributed by atoms with Crippen LogP contribution >= 0.6 is 24.0 Å². The topological polar surface area (TPSA) is 75.3 Å². The van der Waals surface area contributed by atoms with E-state index >= 15 is 0 Å². The molecule has 0 spiro atoms. The molecule has 2 rings (SSSR count). The van der Waals surface area contributed by atoms with Crippen LogP contribution < -0.4 is 10.6 Å². The Kier molecular flexibility index (Phi) is 5.66. The first-order valence-electron chi connectivity index (χ1n) is 5.54. The number of rotatable bonds is 4. The van der Waals surface area contributed by atoms with Gasteiger partial charge in [-0.1, -0.05) is 5.16 Å². The molecule has 2 N–H and O–H groups in total. The summed E-state index contributed by atoms with van der Waals surface area (Å²) in [6.07, 6.45) is 3.19. The smallest absolute Gasteiger partial charge is 0.228 e. The molecule has 17 heavy (non-hydrogen) atoms. The van der Waals surface area contributed by atoms with Crippen molar-refractivity contribution in [3.63, 3.8) is 0 Å². The molecule has 7 heteroatoms. The molecular formula is C10H18IN5O. The van der Waals surface area contributed by atoms with Gasteiger partial charge in [0.05, 0.1) is 0 Å². The molecule has 0 atom stereocenters. The number of hydrogen-bond acceptors (Lipinski definition) is 4. The fourth-order valence-corrected chi connectivity index (χ4v) is 1.35. The van der Waals surface area contributed by atoms with Crippen LogP contribution in [0.5, 0.6) is 0 Å². The van der Waals surface area contributed by atoms with Crippen molar-refractivity contribution in [2.75, 3.05) is 13.6 Å². The Morgan fingerprint density at radius 3 is 2.82 bits per heavy atom. The summed E-state index contributed by atoms with van der Waals surface area (Å²) in [6, 6.07) is 0.608. The zero-order valence-electron chi connectivity index (χ0n) is 10.1. The molecule has 1 aliphatic rings. The van der Waals surface area contributed by atoms with Crippen molar-refractivity contribution in [1.82, 2.24) is 20.8 Å². The summed E-state index contributed by atoms with van der Waals surface area (Å²) in [5, 5.41) is 10.2. The van der Waals surface area contributed by atoms with Crippen LogP contribution in [0.3, 0.4) is 0 Å². The Bertz CT molecular complexity index is 375. The lowest BCUT2D eigenvalue weighted by Crippen LogP contribution is -2.39. The summed E-state index contributed by atoms with van der Waals surface area (Å²) in [4.78, 5) is 8.26. The van der Waals surface area contributed by atoms with Crippen LogP contribution in [0, 0.1) is 6.92 Å². The van der Waals surface area contributed by atoms with Crippen LogP contribution in [-0.4, -0.2) is 35.7 Å². The third-order valence-electron chi connectivity index (χ3n) is 2.34. The molecule has 6 nitrogen and oxygen atoms in total. The molecule has 1 heterocycles. The molecule has 0 unspecified atom stereocenters. The number of nitrogens with zero attached hydrogens (tertiary/aromatic N) is 3. The Morgan fingerprint density at radius 2 is 2.29 bits per heavy atom. The van der Waals surface area contributed by atoms with Crippen LogP contribution in [0.4, 0.5) is 0 Å². The van der Waals surface area contributed by atoms with E-state index in [0.717, 1.165) is 12.5 Å². The molecule has 0 radical (unpaired) electrons. The van der Waals surface area contributed by atoms with E-state index < -0.39 is 0 Å². The van der Waals surface area contributed by atoms with Crippen molar-refractivity contribution >= 4 is 29.9 Å². The van der Waals surface area contributed by atoms with Gasteiger partial charge in [0, 0.05) is 26.1 Å². The number of aryl methyl sites for hydroxylation is 1. The predicted octanol–water partition coefficient (Wildman–Crippen LogP) is 0.866. The van der Waals surface area contributed by atoms with Gasteiger partial charge in [0.1, 0.15) is 0 Å². The summed E-state index contributed by atoms with van der Waals surface area (Å²) in [5.74, 6) is 2.18. The second-order valence-corrected chi connectivity index (χ2v) is 3.90. The van der Waals surface area contributed by atoms with E-state index in [1.165, 1.54) is 12.8 Å². The maximum Gasteiger partial charge on any atom is 0.228 e. The van der Waals surface area contributed by atoms with Crippen molar-refractivity contribution in [3.8, 4) is 0 Å². The number of aliphatic imine (C=N–C) groups is 1. The molecule has 1 aromatic rings. The molecule has 0 aromatic carbocycles. The quantitative estimate of drug-likeness (QED) is 0.478. The highest BCUT2D eigenvalue weighted by atomic mass is 127. The zero-order chi connectivity index (χ0) is 11.4. The SMILES string of the molecule is CN=C(NCCc1nc(C)no1)NC1CC1.I. The van der Waals surface area contributed by atoms with Gasteiger partial charge in [-0.25, -0.2) is 0 Å². The van der Waals surface area contributed by atoms with Crippen LogP contribution in [0.25, 0.3) is 0 Å². The van der Waals surface area contributed by atoms with E-state index in [1.807, 2.05) is 6.92 Å². The van der Waals surface area contributed by atoms with Gasteiger partial charge in [-0.3, -0.25) is 4.99 Å². The van der Waals surface area contributed by atoms with Gasteiger partial charge < -0.3 is 15.2 Å². The highest BCUT2D eigenvalue weighted by Crippen LogP contribution is 2.18. The molecule has 1 aliphatic carbocycles. The van der Waals surface area contributed by atoms with E-state index in [-0.39, 0.29) is 24.0 Å². The standard InChI is InChI=1S/C10H17N5O.HI/c1-7-13-9(16-15-7)5-6-12-10(11-2)14-8-3-4-8;/h8H,3-6H2,1-2H3,(H2,11,12,14);1H. The molecule has 1 aromatic heterocycles. The van der Waals surface area contributed by atoms with Crippen LogP contribution in [0.1, 0.15) is 24.6 Å². The largest absolute Gasteiger partial charge is 0.356 e. The van der Waals surface area contributed by atoms with Gasteiger partial charge in [0.15, 0.2) is 11.8 Å². The Hall–Kier alpha value is -0.860. The minimum Gasteiger partial charge on any atom is -0.356 e. The zero-order valence-corrected chi connectivity index (χ0v) is 12.4. The molecular weight excluding hydrogens is 333 g/mol. The number of aromatic nitrogens is 2. The van der Waals surface area contributed by atoms with Crippen molar-refractivity contribution in [1.29, 1.82) is 0 Å². The number of hydrogen-bond donors (Lipinski definition) is 2. The maximum absolute atomic E-state index is 5.01. The van der Waals surface area contributed by atoms with E-state index in [9.17, 15) is 0 Å². The van der Waals surface area contributed by atoms with Gasteiger partial charge in [-0.2, -0.15) is 4.98 Å². The first-order chi connectivity index (χ1) is 7.78. The summed E-state index contributed by atoms with van der Waals surface area (Å²) in [7, 11) is 1.77. The Labute approximate surface area is 118 Å². The third kappa shape index (κ3) is 4.88. The summed E-state index contributed by atoms with van der Waals surface area (Å²) < 4.78 is 5.01. The van der Waals surface area contributed by atoms with Crippen molar-refractivity contribution in [2.45, 2.75) is 32.2 Å². The average Bonchev–Trinajstić information content (AvgIpc) is 3.00. The molecule has 1 saturated carbocycles. The number of nitrogens with one attached hydrogen (secondary N) is 2. The van der Waals surface area contributed by atoms with Crippen LogP contribution in [0.2, 0.25) is 0 Å². The summed E-state index contributed by atoms with van der Waals surface area (Å²) in [6.45, 7) is 2.56. The maximum atomic E-state index is 5.01. The molecule has 0 amide bonds. The number of halogens is 1. The van der Waals surface area contributed by atoms with Crippen molar-refractivity contribution in [2.24, 2.45) is 4.99 Å². The molecule has 0 aliphatic heterocycles. The van der Waals surface area contributed by atoms with E-state index in [0.29, 0.717) is 24.2 Å². The van der Waals surface area contributed by atoms with Gasteiger partial charge in [-0.05, 0) is 19.8 Å². The Morgan fingerprint density at radius 1 is 1.53 bits per heavy atom. The van der Waals surface area contributed by atoms with Gasteiger partial charge >= 0.3 is 0 Å².